The molecule has 2 unspecified atom stereocenters. The Balaban J connectivity index is 1.90. The van der Waals surface area contributed by atoms with E-state index in [2.05, 4.69) is 0 Å². The molecule has 0 spiro atoms. The van der Waals surface area contributed by atoms with Crippen LogP contribution >= 0.6 is 0 Å². The fourth-order valence-electron chi connectivity index (χ4n) is 5.00. The molecular weight excluding hydrogens is 510 g/mol. The molecular formula is C26H27F8NO2. The van der Waals surface area contributed by atoms with Crippen LogP contribution in [0.4, 0.5) is 35.1 Å². The first-order valence-corrected chi connectivity index (χ1v) is 11.9. The van der Waals surface area contributed by atoms with Gasteiger partial charge in [-0.15, -0.1) is 0 Å². The number of aliphatic carboxylic acids is 1. The van der Waals surface area contributed by atoms with Crippen LogP contribution in [0, 0.1) is 17.6 Å². The van der Waals surface area contributed by atoms with E-state index in [-0.39, 0.29) is 50.1 Å². The number of nitrogens with zero attached hydrogens (tertiary/aromatic N) is 1. The van der Waals surface area contributed by atoms with Gasteiger partial charge >= 0.3 is 18.3 Å². The second-order valence-corrected chi connectivity index (χ2v) is 9.44. The summed E-state index contributed by atoms with van der Waals surface area (Å²) in [5.74, 6) is -2.93. The van der Waals surface area contributed by atoms with E-state index in [4.69, 9.17) is 0 Å². The number of benzene rings is 2. The van der Waals surface area contributed by atoms with Crippen molar-refractivity contribution in [2.75, 3.05) is 6.54 Å². The molecule has 1 saturated heterocycles. The minimum atomic E-state index is -4.56. The summed E-state index contributed by atoms with van der Waals surface area (Å²) in [4.78, 5) is 13.1. The van der Waals surface area contributed by atoms with E-state index in [1.165, 1.54) is 18.2 Å². The number of rotatable bonds is 9. The van der Waals surface area contributed by atoms with Gasteiger partial charge in [0.15, 0.2) is 0 Å². The molecule has 2 aromatic carbocycles. The molecule has 204 valence electrons. The number of carboxylic acids is 1. The Morgan fingerprint density at radius 2 is 1.68 bits per heavy atom. The van der Waals surface area contributed by atoms with Gasteiger partial charge in [-0.3, -0.25) is 9.69 Å². The van der Waals surface area contributed by atoms with Gasteiger partial charge in [-0.25, -0.2) is 8.78 Å². The smallest absolute Gasteiger partial charge is 0.416 e. The molecule has 37 heavy (non-hydrogen) atoms. The van der Waals surface area contributed by atoms with Crippen molar-refractivity contribution in [1.82, 2.24) is 4.90 Å². The lowest BCUT2D eigenvalue weighted by Gasteiger charge is -2.44. The first-order chi connectivity index (χ1) is 17.2. The van der Waals surface area contributed by atoms with E-state index in [0.29, 0.717) is 18.1 Å². The molecule has 0 amide bonds. The quantitative estimate of drug-likeness (QED) is 0.336. The second-order valence-electron chi connectivity index (χ2n) is 9.44. The molecule has 0 aromatic heterocycles. The maximum atomic E-state index is 14.2. The largest absolute Gasteiger partial charge is 0.481 e. The third kappa shape index (κ3) is 8.41. The zero-order chi connectivity index (χ0) is 27.4. The number of hydrogen-bond donors (Lipinski definition) is 1. The molecule has 2 aromatic rings. The summed E-state index contributed by atoms with van der Waals surface area (Å²) in [6.45, 7) is 0.234. The van der Waals surface area contributed by atoms with Crippen LogP contribution in [0.5, 0.6) is 0 Å². The molecule has 0 radical (unpaired) electrons. The number of carboxylic acid groups (broad SMARTS) is 1. The van der Waals surface area contributed by atoms with Crippen LogP contribution in [-0.2, 0) is 17.4 Å². The van der Waals surface area contributed by atoms with Crippen LogP contribution in [-0.4, -0.2) is 34.7 Å². The van der Waals surface area contributed by atoms with E-state index < -0.39 is 54.0 Å². The van der Waals surface area contributed by atoms with Crippen molar-refractivity contribution in [2.45, 2.75) is 69.4 Å². The summed E-state index contributed by atoms with van der Waals surface area (Å²) in [5.41, 5.74) is -0.292. The van der Waals surface area contributed by atoms with Gasteiger partial charge in [0, 0.05) is 31.0 Å². The Morgan fingerprint density at radius 3 is 2.24 bits per heavy atom. The van der Waals surface area contributed by atoms with E-state index in [1.54, 1.807) is 4.90 Å². The van der Waals surface area contributed by atoms with Crippen LogP contribution in [0.3, 0.4) is 0 Å². The number of likely N-dealkylation sites (tertiary alicyclic amines) is 1. The van der Waals surface area contributed by atoms with Crippen LogP contribution in [0.15, 0.2) is 42.5 Å². The summed E-state index contributed by atoms with van der Waals surface area (Å²) < 4.78 is 106. The number of hydrogen-bond acceptors (Lipinski definition) is 2. The van der Waals surface area contributed by atoms with Gasteiger partial charge in [0.05, 0.1) is 5.56 Å². The molecule has 1 aliphatic heterocycles. The number of piperidine rings is 1. The molecule has 1 heterocycles. The lowest BCUT2D eigenvalue weighted by molar-refractivity contribution is -0.141. The number of alkyl halides is 6. The summed E-state index contributed by atoms with van der Waals surface area (Å²) in [7, 11) is 0. The predicted molar refractivity (Wildman–Crippen MR) is 120 cm³/mol. The summed E-state index contributed by atoms with van der Waals surface area (Å²) in [5, 5.41) is 9.23. The lowest BCUT2D eigenvalue weighted by Crippen LogP contribution is -2.44. The van der Waals surface area contributed by atoms with Crippen molar-refractivity contribution in [3.8, 4) is 0 Å². The topological polar surface area (TPSA) is 40.5 Å². The fourth-order valence-corrected chi connectivity index (χ4v) is 5.00. The Bertz CT molecular complexity index is 1050. The average Bonchev–Trinajstić information content (AvgIpc) is 2.79. The van der Waals surface area contributed by atoms with E-state index >= 15 is 0 Å². The van der Waals surface area contributed by atoms with E-state index in [9.17, 15) is 45.0 Å². The maximum Gasteiger partial charge on any atom is 0.416 e. The van der Waals surface area contributed by atoms with Crippen molar-refractivity contribution >= 4 is 5.97 Å². The van der Waals surface area contributed by atoms with E-state index in [0.717, 1.165) is 18.2 Å². The fraction of sp³-hybridized carbons (Fsp3) is 0.500. The van der Waals surface area contributed by atoms with Crippen molar-refractivity contribution in [2.24, 2.45) is 5.92 Å². The summed E-state index contributed by atoms with van der Waals surface area (Å²) in [6, 6.07) is 5.99. The maximum absolute atomic E-state index is 14.2. The molecule has 0 aliphatic carbocycles. The van der Waals surface area contributed by atoms with Gasteiger partial charge in [-0.05, 0) is 73.9 Å². The number of aryl methyl sites for hydroxylation is 1. The molecule has 0 bridgehead atoms. The molecule has 1 aliphatic rings. The van der Waals surface area contributed by atoms with Crippen molar-refractivity contribution in [3.05, 3.63) is 70.8 Å². The Kier molecular flexibility index (Phi) is 9.20. The normalized spacial score (nSPS) is 20.1. The highest BCUT2D eigenvalue weighted by Gasteiger charge is 2.37. The predicted octanol–water partition coefficient (Wildman–Crippen LogP) is 7.56. The lowest BCUT2D eigenvalue weighted by atomic mass is 9.83. The third-order valence-corrected chi connectivity index (χ3v) is 6.83. The van der Waals surface area contributed by atoms with Gasteiger partial charge in [0.25, 0.3) is 0 Å². The number of carbonyl (C=O) groups is 1. The van der Waals surface area contributed by atoms with Gasteiger partial charge in [0.1, 0.15) is 11.6 Å². The summed E-state index contributed by atoms with van der Waals surface area (Å²) >= 11 is 0. The average molecular weight is 537 g/mol. The standard InChI is InChI=1S/C26H27F8NO2/c27-20-7-3-17(22(28)15-20)4-8-21(9-11-25(29,30)31)35-12-10-16(14-24(36)37)13-23(35)18-1-5-19(6-2-18)26(32,33)34/h1-3,5-7,15-16,21,23H,4,8-14H2,(H,36,37)/t16?,21-,23?/m1/s1. The van der Waals surface area contributed by atoms with Crippen LogP contribution < -0.4 is 0 Å². The van der Waals surface area contributed by atoms with Crippen molar-refractivity contribution < 1.29 is 45.0 Å². The molecule has 3 nitrogen and oxygen atoms in total. The van der Waals surface area contributed by atoms with Crippen LogP contribution in [0.2, 0.25) is 0 Å². The SMILES string of the molecule is O=C(O)CC1CCN([C@H](CCc2ccc(F)cc2F)CCC(F)(F)F)C(c2ccc(C(F)(F)F)cc2)C1. The molecule has 3 atom stereocenters. The summed E-state index contributed by atoms with van der Waals surface area (Å²) in [6.07, 6.45) is -9.87. The first kappa shape index (κ1) is 28.9. The Labute approximate surface area is 209 Å². The highest BCUT2D eigenvalue weighted by atomic mass is 19.4. The minimum Gasteiger partial charge on any atom is -0.481 e. The molecule has 11 heteroatoms. The number of halogens is 8. The van der Waals surface area contributed by atoms with Crippen LogP contribution in [0.25, 0.3) is 0 Å². The zero-order valence-electron chi connectivity index (χ0n) is 19.8. The molecule has 1 N–H and O–H groups in total. The molecule has 0 saturated carbocycles. The van der Waals surface area contributed by atoms with Gasteiger partial charge in [-0.1, -0.05) is 18.2 Å². The minimum absolute atomic E-state index is 0.0312. The van der Waals surface area contributed by atoms with Crippen LogP contribution in [0.1, 0.15) is 61.3 Å². The third-order valence-electron chi connectivity index (χ3n) is 6.83. The Morgan fingerprint density at radius 1 is 1.00 bits per heavy atom. The van der Waals surface area contributed by atoms with Crippen molar-refractivity contribution in [3.63, 3.8) is 0 Å². The highest BCUT2D eigenvalue weighted by Crippen LogP contribution is 2.40. The first-order valence-electron chi connectivity index (χ1n) is 11.9. The van der Waals surface area contributed by atoms with Gasteiger partial charge < -0.3 is 5.11 Å². The zero-order valence-corrected chi connectivity index (χ0v) is 19.8. The van der Waals surface area contributed by atoms with E-state index in [1.807, 2.05) is 0 Å². The van der Waals surface area contributed by atoms with Crippen molar-refractivity contribution in [1.29, 1.82) is 0 Å². The highest BCUT2D eigenvalue weighted by molar-refractivity contribution is 5.67. The Hall–Kier alpha value is -2.69. The second kappa shape index (κ2) is 11.8. The monoisotopic (exact) mass is 537 g/mol. The van der Waals surface area contributed by atoms with Gasteiger partial charge in [0.2, 0.25) is 0 Å². The molecule has 3 rings (SSSR count). The van der Waals surface area contributed by atoms with Gasteiger partial charge in [-0.2, -0.15) is 26.3 Å². The molecule has 1 fully saturated rings.